The predicted molar refractivity (Wildman–Crippen MR) is 80.6 cm³/mol. The maximum atomic E-state index is 13.7. The fourth-order valence-corrected chi connectivity index (χ4v) is 2.56. The van der Waals surface area contributed by atoms with Crippen LogP contribution in [0.1, 0.15) is 24.1 Å². The molecule has 0 spiro atoms. The third kappa shape index (κ3) is 2.79. The fraction of sp³-hybridized carbons (Fsp3) is 0.250. The lowest BCUT2D eigenvalue weighted by molar-refractivity contribution is 0.276. The standard InChI is InChI=1S/C16H17ClFNO/c1-11(12-6-3-4-7-14(12)17)19(2)16-9-5-8-15(18)13(16)10-20/h3-9,11,20H,10H2,1-2H3. The Hall–Kier alpha value is -1.58. The van der Waals surface area contributed by atoms with Gasteiger partial charge in [-0.25, -0.2) is 4.39 Å². The average molecular weight is 294 g/mol. The van der Waals surface area contributed by atoms with E-state index in [-0.39, 0.29) is 12.6 Å². The van der Waals surface area contributed by atoms with Gasteiger partial charge in [0.25, 0.3) is 0 Å². The maximum absolute atomic E-state index is 13.7. The molecule has 2 aromatic rings. The quantitative estimate of drug-likeness (QED) is 0.914. The lowest BCUT2D eigenvalue weighted by Gasteiger charge is -2.29. The van der Waals surface area contributed by atoms with E-state index in [2.05, 4.69) is 0 Å². The van der Waals surface area contributed by atoms with Crippen molar-refractivity contribution in [3.63, 3.8) is 0 Å². The van der Waals surface area contributed by atoms with Gasteiger partial charge in [0.05, 0.1) is 12.6 Å². The zero-order valence-electron chi connectivity index (χ0n) is 11.5. The van der Waals surface area contributed by atoms with Crippen LogP contribution in [0.15, 0.2) is 42.5 Å². The molecule has 0 aliphatic heterocycles. The summed E-state index contributed by atoms with van der Waals surface area (Å²) in [5.41, 5.74) is 1.93. The average Bonchev–Trinajstić information content (AvgIpc) is 2.46. The maximum Gasteiger partial charge on any atom is 0.130 e. The molecule has 0 radical (unpaired) electrons. The van der Waals surface area contributed by atoms with E-state index in [9.17, 15) is 9.50 Å². The second-order valence-electron chi connectivity index (χ2n) is 4.70. The highest BCUT2D eigenvalue weighted by atomic mass is 35.5. The first kappa shape index (κ1) is 14.8. The molecule has 1 N–H and O–H groups in total. The Bertz CT molecular complexity index is 603. The Kier molecular flexibility index (Phi) is 4.63. The Morgan fingerprint density at radius 2 is 1.90 bits per heavy atom. The van der Waals surface area contributed by atoms with E-state index in [1.54, 1.807) is 12.1 Å². The van der Waals surface area contributed by atoms with Crippen molar-refractivity contribution in [2.45, 2.75) is 19.6 Å². The van der Waals surface area contributed by atoms with Crippen molar-refractivity contribution in [3.8, 4) is 0 Å². The van der Waals surface area contributed by atoms with Gasteiger partial charge in [0, 0.05) is 23.3 Å². The summed E-state index contributed by atoms with van der Waals surface area (Å²) >= 11 is 6.21. The van der Waals surface area contributed by atoms with E-state index >= 15 is 0 Å². The second kappa shape index (κ2) is 6.25. The predicted octanol–water partition coefficient (Wildman–Crippen LogP) is 4.17. The molecule has 20 heavy (non-hydrogen) atoms. The molecule has 4 heteroatoms. The number of hydrogen-bond donors (Lipinski definition) is 1. The topological polar surface area (TPSA) is 23.5 Å². The van der Waals surface area contributed by atoms with E-state index < -0.39 is 5.82 Å². The van der Waals surface area contributed by atoms with Crippen LogP contribution in [-0.2, 0) is 6.61 Å². The Labute approximate surface area is 123 Å². The van der Waals surface area contributed by atoms with E-state index in [0.29, 0.717) is 16.3 Å². The lowest BCUT2D eigenvalue weighted by atomic mass is 10.0. The van der Waals surface area contributed by atoms with Crippen LogP contribution in [0, 0.1) is 5.82 Å². The minimum atomic E-state index is -0.400. The number of hydrogen-bond acceptors (Lipinski definition) is 2. The summed E-state index contributed by atoms with van der Waals surface area (Å²) in [5, 5.41) is 10.0. The van der Waals surface area contributed by atoms with Gasteiger partial charge in [0.15, 0.2) is 0 Å². The zero-order valence-corrected chi connectivity index (χ0v) is 12.2. The van der Waals surface area contributed by atoms with Gasteiger partial charge in [-0.3, -0.25) is 0 Å². The number of halogens is 2. The fourth-order valence-electron chi connectivity index (χ4n) is 2.27. The Balaban J connectivity index is 2.39. The first-order chi connectivity index (χ1) is 9.56. The van der Waals surface area contributed by atoms with Crippen LogP contribution in [-0.4, -0.2) is 12.2 Å². The summed E-state index contributed by atoms with van der Waals surface area (Å²) in [6.45, 7) is 1.66. The molecule has 0 aliphatic carbocycles. The van der Waals surface area contributed by atoms with E-state index in [1.165, 1.54) is 6.07 Å². The molecule has 0 heterocycles. The number of aliphatic hydroxyl groups excluding tert-OH is 1. The van der Waals surface area contributed by atoms with Crippen LogP contribution in [0.4, 0.5) is 10.1 Å². The number of rotatable bonds is 4. The van der Waals surface area contributed by atoms with E-state index in [1.807, 2.05) is 43.1 Å². The van der Waals surface area contributed by atoms with Crippen LogP contribution in [0.2, 0.25) is 5.02 Å². The number of aliphatic hydroxyl groups is 1. The zero-order chi connectivity index (χ0) is 14.7. The van der Waals surface area contributed by atoms with Gasteiger partial charge < -0.3 is 10.0 Å². The van der Waals surface area contributed by atoms with Crippen LogP contribution in [0.3, 0.4) is 0 Å². The van der Waals surface area contributed by atoms with E-state index in [4.69, 9.17) is 11.6 Å². The van der Waals surface area contributed by atoms with Gasteiger partial charge in [-0.2, -0.15) is 0 Å². The Morgan fingerprint density at radius 3 is 2.55 bits per heavy atom. The molecule has 0 saturated heterocycles. The number of benzene rings is 2. The molecule has 2 nitrogen and oxygen atoms in total. The smallest absolute Gasteiger partial charge is 0.130 e. The third-order valence-electron chi connectivity index (χ3n) is 3.57. The molecule has 106 valence electrons. The molecular formula is C16H17ClFNO. The molecule has 1 atom stereocenters. The molecule has 0 fully saturated rings. The van der Waals surface area contributed by atoms with Crippen molar-refractivity contribution < 1.29 is 9.50 Å². The molecule has 0 saturated carbocycles. The molecule has 0 amide bonds. The summed E-state index contributed by atoms with van der Waals surface area (Å²) in [6.07, 6.45) is 0. The molecule has 1 unspecified atom stereocenters. The molecular weight excluding hydrogens is 277 g/mol. The summed E-state index contributed by atoms with van der Waals surface area (Å²) in [7, 11) is 1.86. The van der Waals surface area contributed by atoms with Crippen LogP contribution in [0.25, 0.3) is 0 Å². The van der Waals surface area contributed by atoms with Crippen molar-refractivity contribution in [1.29, 1.82) is 0 Å². The molecule has 0 aliphatic rings. The first-order valence-electron chi connectivity index (χ1n) is 6.41. The molecule has 0 aromatic heterocycles. The summed E-state index contributed by atoms with van der Waals surface area (Å²) < 4.78 is 13.7. The van der Waals surface area contributed by atoms with Gasteiger partial charge in [-0.1, -0.05) is 35.9 Å². The lowest BCUT2D eigenvalue weighted by Crippen LogP contribution is -2.23. The number of nitrogens with zero attached hydrogens (tertiary/aromatic N) is 1. The van der Waals surface area contributed by atoms with Crippen molar-refractivity contribution in [2.75, 3.05) is 11.9 Å². The van der Waals surface area contributed by atoms with Crippen molar-refractivity contribution in [1.82, 2.24) is 0 Å². The van der Waals surface area contributed by atoms with Crippen LogP contribution >= 0.6 is 11.6 Å². The van der Waals surface area contributed by atoms with Crippen LogP contribution < -0.4 is 4.90 Å². The monoisotopic (exact) mass is 293 g/mol. The van der Waals surface area contributed by atoms with Crippen molar-refractivity contribution in [3.05, 3.63) is 64.4 Å². The SMILES string of the molecule is CC(c1ccccc1Cl)N(C)c1cccc(F)c1CO. The molecule has 2 rings (SSSR count). The van der Waals surface area contributed by atoms with Gasteiger partial charge >= 0.3 is 0 Å². The second-order valence-corrected chi connectivity index (χ2v) is 5.11. The minimum absolute atomic E-state index is 0.0317. The normalized spacial score (nSPS) is 12.2. The van der Waals surface area contributed by atoms with E-state index in [0.717, 1.165) is 5.56 Å². The Morgan fingerprint density at radius 1 is 1.20 bits per heavy atom. The molecule has 0 bridgehead atoms. The highest BCUT2D eigenvalue weighted by Gasteiger charge is 2.18. The largest absolute Gasteiger partial charge is 0.391 e. The van der Waals surface area contributed by atoms with Gasteiger partial charge in [0.1, 0.15) is 5.82 Å². The number of anilines is 1. The van der Waals surface area contributed by atoms with Gasteiger partial charge in [-0.05, 0) is 30.7 Å². The third-order valence-corrected chi connectivity index (χ3v) is 3.91. The van der Waals surface area contributed by atoms with Crippen molar-refractivity contribution >= 4 is 17.3 Å². The van der Waals surface area contributed by atoms with Gasteiger partial charge in [-0.15, -0.1) is 0 Å². The first-order valence-corrected chi connectivity index (χ1v) is 6.79. The van der Waals surface area contributed by atoms with Crippen LogP contribution in [0.5, 0.6) is 0 Å². The highest BCUT2D eigenvalue weighted by molar-refractivity contribution is 6.31. The molecule has 2 aromatic carbocycles. The van der Waals surface area contributed by atoms with Crippen molar-refractivity contribution in [2.24, 2.45) is 0 Å². The summed E-state index contributed by atoms with van der Waals surface area (Å²) in [5.74, 6) is -0.400. The van der Waals surface area contributed by atoms with Gasteiger partial charge in [0.2, 0.25) is 0 Å². The minimum Gasteiger partial charge on any atom is -0.391 e. The highest BCUT2D eigenvalue weighted by Crippen LogP contribution is 2.32. The summed E-state index contributed by atoms with van der Waals surface area (Å²) in [6, 6.07) is 12.3. The summed E-state index contributed by atoms with van der Waals surface area (Å²) in [4.78, 5) is 1.91.